The van der Waals surface area contributed by atoms with Crippen molar-refractivity contribution in [2.45, 2.75) is 19.4 Å². The molecule has 0 atom stereocenters. The van der Waals surface area contributed by atoms with E-state index in [1.54, 1.807) is 17.7 Å². The molecule has 0 bridgehead atoms. The van der Waals surface area contributed by atoms with E-state index in [0.29, 0.717) is 6.04 Å². The Balaban J connectivity index is 2.01. The predicted octanol–water partition coefficient (Wildman–Crippen LogP) is 1.88. The lowest BCUT2D eigenvalue weighted by Gasteiger charge is -2.39. The van der Waals surface area contributed by atoms with Gasteiger partial charge in [-0.25, -0.2) is 9.97 Å². The summed E-state index contributed by atoms with van der Waals surface area (Å²) in [6.45, 7) is 5.41. The first-order valence-electron chi connectivity index (χ1n) is 6.05. The summed E-state index contributed by atoms with van der Waals surface area (Å²) in [6.07, 6.45) is 2.83. The van der Waals surface area contributed by atoms with E-state index in [1.807, 2.05) is 0 Å². The van der Waals surface area contributed by atoms with Crippen molar-refractivity contribution in [3.8, 4) is 0 Å². The quantitative estimate of drug-likeness (QED) is 0.897. The summed E-state index contributed by atoms with van der Waals surface area (Å²) in [5.41, 5.74) is 0. The zero-order chi connectivity index (χ0) is 11.7. The van der Waals surface area contributed by atoms with Crippen molar-refractivity contribution < 1.29 is 0 Å². The highest BCUT2D eigenvalue weighted by molar-refractivity contribution is 7.16. The Bertz CT molecular complexity index is 506. The molecule has 4 nitrogen and oxygen atoms in total. The van der Waals surface area contributed by atoms with Gasteiger partial charge in [-0.15, -0.1) is 11.3 Å². The molecule has 1 aliphatic rings. The summed E-state index contributed by atoms with van der Waals surface area (Å²) in [6, 6.07) is 2.72. The molecular formula is C12H16N4S. The summed E-state index contributed by atoms with van der Waals surface area (Å²) in [4.78, 5) is 12.3. The molecule has 90 valence electrons. The predicted molar refractivity (Wildman–Crippen MR) is 71.7 cm³/mol. The molecule has 2 aromatic heterocycles. The molecule has 17 heavy (non-hydrogen) atoms. The van der Waals surface area contributed by atoms with Crippen molar-refractivity contribution in [1.29, 1.82) is 0 Å². The SMILES string of the molecule is CCCN(c1ncnc2sccc12)C1CNC1. The molecule has 0 amide bonds. The van der Waals surface area contributed by atoms with Crippen LogP contribution in [0.25, 0.3) is 10.2 Å². The Morgan fingerprint density at radius 3 is 3.06 bits per heavy atom. The first-order chi connectivity index (χ1) is 8.40. The van der Waals surface area contributed by atoms with E-state index >= 15 is 0 Å². The molecule has 0 unspecified atom stereocenters. The third-order valence-electron chi connectivity index (χ3n) is 3.18. The van der Waals surface area contributed by atoms with Gasteiger partial charge in [0.05, 0.1) is 11.4 Å². The van der Waals surface area contributed by atoms with Crippen LogP contribution in [0.4, 0.5) is 5.82 Å². The minimum absolute atomic E-state index is 0.591. The number of anilines is 1. The second-order valence-electron chi connectivity index (χ2n) is 4.34. The number of rotatable bonds is 4. The van der Waals surface area contributed by atoms with Gasteiger partial charge in [0.25, 0.3) is 0 Å². The molecule has 0 aliphatic carbocycles. The van der Waals surface area contributed by atoms with Gasteiger partial charge < -0.3 is 10.2 Å². The van der Waals surface area contributed by atoms with E-state index in [4.69, 9.17) is 0 Å². The molecule has 1 aliphatic heterocycles. The number of fused-ring (bicyclic) bond motifs is 1. The number of nitrogens with zero attached hydrogens (tertiary/aromatic N) is 3. The van der Waals surface area contributed by atoms with Gasteiger partial charge in [0.1, 0.15) is 17.0 Å². The Morgan fingerprint density at radius 1 is 1.47 bits per heavy atom. The van der Waals surface area contributed by atoms with Gasteiger partial charge in [-0.2, -0.15) is 0 Å². The van der Waals surface area contributed by atoms with Crippen LogP contribution >= 0.6 is 11.3 Å². The first kappa shape index (κ1) is 10.9. The van der Waals surface area contributed by atoms with E-state index in [2.05, 4.69) is 38.6 Å². The van der Waals surface area contributed by atoms with Crippen LogP contribution in [0, 0.1) is 0 Å². The Kier molecular flexibility index (Phi) is 2.94. The van der Waals surface area contributed by atoms with Gasteiger partial charge >= 0.3 is 0 Å². The lowest BCUT2D eigenvalue weighted by Crippen LogP contribution is -2.57. The summed E-state index contributed by atoms with van der Waals surface area (Å²) in [7, 11) is 0. The van der Waals surface area contributed by atoms with Crippen molar-refractivity contribution >= 4 is 27.4 Å². The van der Waals surface area contributed by atoms with E-state index in [0.717, 1.165) is 36.7 Å². The van der Waals surface area contributed by atoms with Crippen molar-refractivity contribution in [3.63, 3.8) is 0 Å². The minimum Gasteiger partial charge on any atom is -0.350 e. The lowest BCUT2D eigenvalue weighted by atomic mass is 10.1. The third kappa shape index (κ3) is 1.89. The van der Waals surface area contributed by atoms with Crippen molar-refractivity contribution in [1.82, 2.24) is 15.3 Å². The fourth-order valence-electron chi connectivity index (χ4n) is 2.20. The van der Waals surface area contributed by atoms with Gasteiger partial charge in [0.2, 0.25) is 0 Å². The molecule has 0 radical (unpaired) electrons. The fraction of sp³-hybridized carbons (Fsp3) is 0.500. The molecule has 0 spiro atoms. The highest BCUT2D eigenvalue weighted by atomic mass is 32.1. The fourth-order valence-corrected chi connectivity index (χ4v) is 2.93. The normalized spacial score (nSPS) is 16.1. The number of aromatic nitrogens is 2. The first-order valence-corrected chi connectivity index (χ1v) is 6.93. The largest absolute Gasteiger partial charge is 0.350 e. The van der Waals surface area contributed by atoms with Crippen LogP contribution in [0.3, 0.4) is 0 Å². The zero-order valence-corrected chi connectivity index (χ0v) is 10.7. The van der Waals surface area contributed by atoms with Gasteiger partial charge in [0.15, 0.2) is 0 Å². The lowest BCUT2D eigenvalue weighted by molar-refractivity contribution is 0.411. The molecule has 3 heterocycles. The molecular weight excluding hydrogens is 232 g/mol. The molecule has 1 N–H and O–H groups in total. The third-order valence-corrected chi connectivity index (χ3v) is 4.00. The van der Waals surface area contributed by atoms with Crippen molar-refractivity contribution in [3.05, 3.63) is 17.8 Å². The average molecular weight is 248 g/mol. The van der Waals surface area contributed by atoms with Crippen LogP contribution in [0.2, 0.25) is 0 Å². The summed E-state index contributed by atoms with van der Waals surface area (Å²) in [5.74, 6) is 1.10. The number of thiophene rings is 1. The van der Waals surface area contributed by atoms with Crippen LogP contribution < -0.4 is 10.2 Å². The van der Waals surface area contributed by atoms with Gasteiger partial charge in [-0.1, -0.05) is 6.92 Å². The topological polar surface area (TPSA) is 41.1 Å². The summed E-state index contributed by atoms with van der Waals surface area (Å²) >= 11 is 1.68. The summed E-state index contributed by atoms with van der Waals surface area (Å²) in [5, 5.41) is 6.61. The van der Waals surface area contributed by atoms with E-state index in [9.17, 15) is 0 Å². The highest BCUT2D eigenvalue weighted by Crippen LogP contribution is 2.28. The average Bonchev–Trinajstić information content (AvgIpc) is 2.73. The number of hydrogen-bond acceptors (Lipinski definition) is 5. The van der Waals surface area contributed by atoms with Gasteiger partial charge in [-0.05, 0) is 17.9 Å². The van der Waals surface area contributed by atoms with Crippen LogP contribution in [0.15, 0.2) is 17.8 Å². The van der Waals surface area contributed by atoms with Gasteiger partial charge in [-0.3, -0.25) is 0 Å². The number of nitrogens with one attached hydrogen (secondary N) is 1. The van der Waals surface area contributed by atoms with E-state index in [-0.39, 0.29) is 0 Å². The molecule has 1 saturated heterocycles. The Morgan fingerprint density at radius 2 is 2.35 bits per heavy atom. The second kappa shape index (κ2) is 4.58. The van der Waals surface area contributed by atoms with Crippen LogP contribution in [-0.2, 0) is 0 Å². The maximum absolute atomic E-state index is 4.49. The smallest absolute Gasteiger partial charge is 0.141 e. The monoisotopic (exact) mass is 248 g/mol. The molecule has 0 saturated carbocycles. The highest BCUT2D eigenvalue weighted by Gasteiger charge is 2.26. The van der Waals surface area contributed by atoms with Crippen molar-refractivity contribution in [2.75, 3.05) is 24.5 Å². The number of hydrogen-bond donors (Lipinski definition) is 1. The minimum atomic E-state index is 0.591. The molecule has 1 fully saturated rings. The Labute approximate surface area is 105 Å². The molecule has 3 rings (SSSR count). The van der Waals surface area contributed by atoms with E-state index in [1.165, 1.54) is 5.39 Å². The maximum Gasteiger partial charge on any atom is 0.141 e. The standard InChI is InChI=1S/C12H16N4S/c1-2-4-16(9-6-13-7-9)11-10-3-5-17-12(10)15-8-14-11/h3,5,8-9,13H,2,4,6-7H2,1H3. The van der Waals surface area contributed by atoms with Crippen LogP contribution in [0.1, 0.15) is 13.3 Å². The zero-order valence-electron chi connectivity index (χ0n) is 9.89. The molecule has 5 heteroatoms. The maximum atomic E-state index is 4.49. The van der Waals surface area contributed by atoms with E-state index < -0.39 is 0 Å². The Hall–Kier alpha value is -1.20. The molecule has 0 aromatic carbocycles. The van der Waals surface area contributed by atoms with Gasteiger partial charge in [0, 0.05) is 19.6 Å². The van der Waals surface area contributed by atoms with Crippen molar-refractivity contribution in [2.24, 2.45) is 0 Å². The van der Waals surface area contributed by atoms with Crippen LogP contribution in [-0.4, -0.2) is 35.6 Å². The molecule has 2 aromatic rings. The second-order valence-corrected chi connectivity index (χ2v) is 5.24. The van der Waals surface area contributed by atoms with Crippen LogP contribution in [0.5, 0.6) is 0 Å². The summed E-state index contributed by atoms with van der Waals surface area (Å²) < 4.78 is 0.